The Balaban J connectivity index is 1.83. The highest BCUT2D eigenvalue weighted by Crippen LogP contribution is 2.26. The first-order valence-corrected chi connectivity index (χ1v) is 10.5. The molecule has 0 bridgehead atoms. The van der Waals surface area contributed by atoms with Crippen LogP contribution in [0.4, 0.5) is 4.39 Å². The molecule has 0 unspecified atom stereocenters. The van der Waals surface area contributed by atoms with E-state index in [9.17, 15) is 32.6 Å². The second kappa shape index (κ2) is 7.70. The highest BCUT2D eigenvalue weighted by Gasteiger charge is 2.40. The van der Waals surface area contributed by atoms with E-state index in [2.05, 4.69) is 10.6 Å². The molecule has 154 valence electrons. The minimum Gasteiger partial charge on any atom is -0.507 e. The summed E-state index contributed by atoms with van der Waals surface area (Å²) >= 11 is 0. The maximum absolute atomic E-state index is 14.0. The molecular formula is C19H19FN2O6S. The lowest BCUT2D eigenvalue weighted by Gasteiger charge is -2.21. The fourth-order valence-electron chi connectivity index (χ4n) is 3.29. The van der Waals surface area contributed by atoms with Crippen molar-refractivity contribution in [3.8, 4) is 11.5 Å². The number of phenolic OH excluding ortho intramolecular Hbond substituents is 2. The van der Waals surface area contributed by atoms with Gasteiger partial charge >= 0.3 is 0 Å². The molecule has 2 atom stereocenters. The predicted molar refractivity (Wildman–Crippen MR) is 102 cm³/mol. The third kappa shape index (κ3) is 4.32. The highest BCUT2D eigenvalue weighted by molar-refractivity contribution is 7.91. The largest absolute Gasteiger partial charge is 0.507 e. The minimum absolute atomic E-state index is 0.208. The van der Waals surface area contributed by atoms with Crippen molar-refractivity contribution in [3.63, 3.8) is 0 Å². The first-order chi connectivity index (χ1) is 13.6. The number of benzene rings is 2. The molecule has 1 fully saturated rings. The second-order valence-electron chi connectivity index (χ2n) is 6.84. The normalized spacial score (nSPS) is 20.2. The van der Waals surface area contributed by atoms with Crippen molar-refractivity contribution in [2.45, 2.75) is 19.0 Å². The van der Waals surface area contributed by atoms with Gasteiger partial charge in [0.2, 0.25) is 0 Å². The van der Waals surface area contributed by atoms with Gasteiger partial charge in [-0.1, -0.05) is 18.2 Å². The third-order valence-electron chi connectivity index (χ3n) is 4.68. The van der Waals surface area contributed by atoms with E-state index in [0.717, 1.165) is 6.07 Å². The van der Waals surface area contributed by atoms with Gasteiger partial charge in [-0.25, -0.2) is 12.8 Å². The molecule has 0 saturated carbocycles. The zero-order valence-electron chi connectivity index (χ0n) is 15.3. The average molecular weight is 422 g/mol. The fraction of sp³-hybridized carbons (Fsp3) is 0.263. The van der Waals surface area contributed by atoms with Crippen molar-refractivity contribution >= 4 is 21.7 Å². The number of sulfone groups is 1. The van der Waals surface area contributed by atoms with Crippen LogP contribution in [0.2, 0.25) is 0 Å². The van der Waals surface area contributed by atoms with Gasteiger partial charge in [0.1, 0.15) is 22.9 Å². The Bertz CT molecular complexity index is 966. The molecule has 0 spiro atoms. The molecule has 1 saturated heterocycles. The molecular weight excluding hydrogens is 403 g/mol. The molecule has 0 aliphatic carbocycles. The number of phenols is 2. The number of carbonyl (C=O) groups excluding carboxylic acids is 2. The lowest BCUT2D eigenvalue weighted by atomic mass is 10.1. The number of hydrogen-bond donors (Lipinski definition) is 4. The minimum atomic E-state index is -3.59. The fourth-order valence-corrected chi connectivity index (χ4v) is 5.16. The lowest BCUT2D eigenvalue weighted by molar-refractivity contribution is 0.0890. The Morgan fingerprint density at radius 1 is 0.931 bits per heavy atom. The smallest absolute Gasteiger partial charge is 0.259 e. The average Bonchev–Trinajstić information content (AvgIpc) is 2.87. The standard InChI is InChI=1S/C19H19FN2O6S/c1-10-4-2-5-11(20)16(10)18(25)21-12-8-29(27,28)9-13(12)22-19(26)17-14(23)6-3-7-15(17)24/h2-7,12-13,23-24H,8-9H2,1H3,(H,21,25)(H,22,26)/t12-,13+/m0/s1. The molecule has 4 N–H and O–H groups in total. The Morgan fingerprint density at radius 2 is 1.41 bits per heavy atom. The Morgan fingerprint density at radius 3 is 1.93 bits per heavy atom. The van der Waals surface area contributed by atoms with Gasteiger partial charge < -0.3 is 20.8 Å². The van der Waals surface area contributed by atoms with Crippen molar-refractivity contribution in [2.24, 2.45) is 0 Å². The van der Waals surface area contributed by atoms with Gasteiger partial charge in [-0.15, -0.1) is 0 Å². The first kappa shape index (κ1) is 20.6. The maximum atomic E-state index is 14.0. The van der Waals surface area contributed by atoms with Crippen LogP contribution < -0.4 is 10.6 Å². The van der Waals surface area contributed by atoms with Gasteiger partial charge in [-0.05, 0) is 30.7 Å². The van der Waals surface area contributed by atoms with Crippen LogP contribution in [-0.4, -0.2) is 54.0 Å². The van der Waals surface area contributed by atoms with E-state index in [4.69, 9.17) is 0 Å². The quantitative estimate of drug-likeness (QED) is 0.578. The lowest BCUT2D eigenvalue weighted by Crippen LogP contribution is -2.51. The van der Waals surface area contributed by atoms with Gasteiger partial charge in [0.25, 0.3) is 11.8 Å². The van der Waals surface area contributed by atoms with Crippen LogP contribution in [0.3, 0.4) is 0 Å². The van der Waals surface area contributed by atoms with Crippen LogP contribution in [0.1, 0.15) is 26.3 Å². The summed E-state index contributed by atoms with van der Waals surface area (Å²) in [7, 11) is -3.59. The van der Waals surface area contributed by atoms with Gasteiger partial charge in [0.15, 0.2) is 9.84 Å². The van der Waals surface area contributed by atoms with E-state index in [1.807, 2.05) is 0 Å². The molecule has 1 heterocycles. The van der Waals surface area contributed by atoms with Gasteiger partial charge in [0.05, 0.1) is 29.2 Å². The molecule has 2 aromatic carbocycles. The summed E-state index contributed by atoms with van der Waals surface area (Å²) in [5.74, 6) is -4.30. The molecule has 2 amide bonds. The molecule has 3 rings (SSSR count). The van der Waals surface area contributed by atoms with Crippen molar-refractivity contribution in [2.75, 3.05) is 11.5 Å². The van der Waals surface area contributed by atoms with E-state index in [-0.39, 0.29) is 5.56 Å². The molecule has 1 aliphatic rings. The van der Waals surface area contributed by atoms with Crippen molar-refractivity contribution < 1.29 is 32.6 Å². The van der Waals surface area contributed by atoms with Crippen LogP contribution in [0.5, 0.6) is 11.5 Å². The highest BCUT2D eigenvalue weighted by atomic mass is 32.2. The zero-order chi connectivity index (χ0) is 21.3. The van der Waals surface area contributed by atoms with E-state index in [1.54, 1.807) is 13.0 Å². The summed E-state index contributed by atoms with van der Waals surface area (Å²) in [5.41, 5.74) is -0.241. The number of rotatable bonds is 4. The summed E-state index contributed by atoms with van der Waals surface area (Å²) in [6.07, 6.45) is 0. The summed E-state index contributed by atoms with van der Waals surface area (Å²) in [5, 5.41) is 24.5. The van der Waals surface area contributed by atoms with E-state index in [0.29, 0.717) is 5.56 Å². The second-order valence-corrected chi connectivity index (χ2v) is 8.99. The topological polar surface area (TPSA) is 133 Å². The predicted octanol–water partition coefficient (Wildman–Crippen LogP) is 0.871. The number of carbonyl (C=O) groups is 2. The van der Waals surface area contributed by atoms with Crippen LogP contribution in [0, 0.1) is 12.7 Å². The molecule has 0 aromatic heterocycles. The molecule has 1 aliphatic heterocycles. The van der Waals surface area contributed by atoms with Gasteiger partial charge in [0, 0.05) is 0 Å². The number of hydrogen-bond acceptors (Lipinski definition) is 6. The number of aryl methyl sites for hydroxylation is 1. The molecule has 29 heavy (non-hydrogen) atoms. The van der Waals surface area contributed by atoms with Crippen molar-refractivity contribution in [1.29, 1.82) is 0 Å². The Labute approximate surface area is 166 Å². The summed E-state index contributed by atoms with van der Waals surface area (Å²) in [6, 6.07) is 5.80. The van der Waals surface area contributed by atoms with E-state index in [1.165, 1.54) is 24.3 Å². The molecule has 10 heteroatoms. The van der Waals surface area contributed by atoms with Crippen molar-refractivity contribution in [3.05, 3.63) is 58.9 Å². The maximum Gasteiger partial charge on any atom is 0.259 e. The van der Waals surface area contributed by atoms with Gasteiger partial charge in [-0.3, -0.25) is 9.59 Å². The van der Waals surface area contributed by atoms with Crippen LogP contribution in [-0.2, 0) is 9.84 Å². The number of nitrogens with one attached hydrogen (secondary N) is 2. The van der Waals surface area contributed by atoms with Crippen LogP contribution >= 0.6 is 0 Å². The van der Waals surface area contributed by atoms with Crippen molar-refractivity contribution in [1.82, 2.24) is 10.6 Å². The molecule has 0 radical (unpaired) electrons. The summed E-state index contributed by atoms with van der Waals surface area (Å²) < 4.78 is 38.2. The molecule has 8 nitrogen and oxygen atoms in total. The third-order valence-corrected chi connectivity index (χ3v) is 6.42. The Hall–Kier alpha value is -3.14. The monoisotopic (exact) mass is 422 g/mol. The SMILES string of the molecule is Cc1cccc(F)c1C(=O)N[C@H]1CS(=O)(=O)C[C@H]1NC(=O)c1c(O)cccc1O. The van der Waals surface area contributed by atoms with Crippen LogP contribution in [0.15, 0.2) is 36.4 Å². The number of halogens is 1. The van der Waals surface area contributed by atoms with Gasteiger partial charge in [-0.2, -0.15) is 0 Å². The van der Waals surface area contributed by atoms with Crippen LogP contribution in [0.25, 0.3) is 0 Å². The number of aromatic hydroxyl groups is 2. The molecule has 2 aromatic rings. The number of amides is 2. The van der Waals surface area contributed by atoms with E-state index >= 15 is 0 Å². The summed E-state index contributed by atoms with van der Waals surface area (Å²) in [4.78, 5) is 25.0. The zero-order valence-corrected chi connectivity index (χ0v) is 16.2. The van der Waals surface area contributed by atoms with E-state index < -0.39 is 68.1 Å². The Kier molecular flexibility index (Phi) is 5.47. The first-order valence-electron chi connectivity index (χ1n) is 8.67. The summed E-state index contributed by atoms with van der Waals surface area (Å²) in [6.45, 7) is 1.55.